The van der Waals surface area contributed by atoms with E-state index in [9.17, 15) is 9.18 Å². The fourth-order valence-corrected chi connectivity index (χ4v) is 5.61. The van der Waals surface area contributed by atoms with E-state index in [-0.39, 0.29) is 11.8 Å². The summed E-state index contributed by atoms with van der Waals surface area (Å²) in [5.41, 5.74) is 2.60. The molecule has 0 saturated carbocycles. The number of halogens is 2. The number of hydrogen-bond acceptors (Lipinski definition) is 5. The molecule has 2 aromatic heterocycles. The van der Waals surface area contributed by atoms with E-state index in [0.717, 1.165) is 41.3 Å². The third-order valence-corrected chi connectivity index (χ3v) is 7.08. The maximum absolute atomic E-state index is 13.1. The van der Waals surface area contributed by atoms with Crippen molar-refractivity contribution in [3.05, 3.63) is 62.3 Å². The predicted molar refractivity (Wildman–Crippen MR) is 132 cm³/mol. The van der Waals surface area contributed by atoms with E-state index in [1.165, 1.54) is 17.0 Å². The van der Waals surface area contributed by atoms with Crippen molar-refractivity contribution >= 4 is 61.4 Å². The van der Waals surface area contributed by atoms with Gasteiger partial charge < -0.3 is 15.4 Å². The van der Waals surface area contributed by atoms with Gasteiger partial charge in [0.1, 0.15) is 10.8 Å². The van der Waals surface area contributed by atoms with Gasteiger partial charge in [-0.1, -0.05) is 12.1 Å². The SMILES string of the molecule is CCOC(=O)c1c(NC(=S)Nc2nn(Cc3ccc(F)cc3)cc2Br)sc2c1CCCC2. The van der Waals surface area contributed by atoms with Crippen molar-refractivity contribution in [2.45, 2.75) is 39.2 Å². The number of fused-ring (bicyclic) bond motifs is 1. The molecule has 168 valence electrons. The van der Waals surface area contributed by atoms with Crippen LogP contribution in [-0.2, 0) is 24.1 Å². The van der Waals surface area contributed by atoms with E-state index >= 15 is 0 Å². The van der Waals surface area contributed by atoms with Crippen LogP contribution in [0.15, 0.2) is 34.9 Å². The van der Waals surface area contributed by atoms with Gasteiger partial charge >= 0.3 is 5.97 Å². The number of carbonyl (C=O) groups is 1. The first kappa shape index (κ1) is 22.9. The molecular formula is C22H22BrFN4O2S2. The number of ether oxygens (including phenoxy) is 1. The lowest BCUT2D eigenvalue weighted by Gasteiger charge is -2.13. The monoisotopic (exact) mass is 536 g/mol. The first-order valence-electron chi connectivity index (χ1n) is 10.3. The molecule has 0 unspecified atom stereocenters. The van der Waals surface area contributed by atoms with Crippen LogP contribution in [0.2, 0.25) is 0 Å². The minimum Gasteiger partial charge on any atom is -0.462 e. The molecule has 10 heteroatoms. The van der Waals surface area contributed by atoms with Crippen LogP contribution in [0.25, 0.3) is 0 Å². The van der Waals surface area contributed by atoms with Gasteiger partial charge in [0.2, 0.25) is 0 Å². The summed E-state index contributed by atoms with van der Waals surface area (Å²) in [6, 6.07) is 6.29. The molecule has 0 fully saturated rings. The molecule has 6 nitrogen and oxygen atoms in total. The second kappa shape index (κ2) is 10.1. The number of benzene rings is 1. The highest BCUT2D eigenvalue weighted by Gasteiger charge is 2.27. The number of thiophene rings is 1. The standard InChI is InChI=1S/C22H22BrFN4O2S2/c1-2-30-21(29)18-15-5-3-4-6-17(15)32-20(18)26-22(31)25-19-16(23)12-28(27-19)11-13-7-9-14(24)10-8-13/h7-10,12H,2-6,11H2,1H3,(H2,25,26,27,31). The Labute approximate surface area is 203 Å². The molecule has 0 bridgehead atoms. The van der Waals surface area contributed by atoms with Gasteiger partial charge in [-0.3, -0.25) is 4.68 Å². The van der Waals surface area contributed by atoms with Crippen molar-refractivity contribution in [2.75, 3.05) is 17.2 Å². The Morgan fingerprint density at radius 1 is 1.28 bits per heavy atom. The summed E-state index contributed by atoms with van der Waals surface area (Å²) in [6.45, 7) is 2.62. The smallest absolute Gasteiger partial charge is 0.341 e. The highest BCUT2D eigenvalue weighted by molar-refractivity contribution is 9.10. The van der Waals surface area contributed by atoms with Gasteiger partial charge in [0.15, 0.2) is 10.9 Å². The first-order valence-corrected chi connectivity index (χ1v) is 12.3. The number of carbonyl (C=O) groups excluding carboxylic acids is 1. The number of thiocarbonyl (C=S) groups is 1. The van der Waals surface area contributed by atoms with Crippen LogP contribution < -0.4 is 10.6 Å². The van der Waals surface area contributed by atoms with E-state index < -0.39 is 0 Å². The van der Waals surface area contributed by atoms with E-state index in [1.54, 1.807) is 35.1 Å². The molecule has 1 aliphatic rings. The Hall–Kier alpha value is -2.30. The number of anilines is 2. The number of aryl methyl sites for hydroxylation is 1. The van der Waals surface area contributed by atoms with Crippen LogP contribution in [0.4, 0.5) is 15.2 Å². The Kier molecular flexibility index (Phi) is 7.22. The van der Waals surface area contributed by atoms with Crippen LogP contribution in [0.3, 0.4) is 0 Å². The number of esters is 1. The molecule has 3 aromatic rings. The van der Waals surface area contributed by atoms with Gasteiger partial charge in [-0.15, -0.1) is 11.3 Å². The van der Waals surface area contributed by atoms with Gasteiger partial charge in [0.25, 0.3) is 0 Å². The third kappa shape index (κ3) is 5.19. The van der Waals surface area contributed by atoms with Crippen LogP contribution in [-0.4, -0.2) is 27.5 Å². The molecule has 4 rings (SSSR count). The summed E-state index contributed by atoms with van der Waals surface area (Å²) in [4.78, 5) is 13.8. The molecule has 32 heavy (non-hydrogen) atoms. The van der Waals surface area contributed by atoms with Gasteiger partial charge in [-0.2, -0.15) is 5.10 Å². The zero-order valence-electron chi connectivity index (χ0n) is 17.4. The van der Waals surface area contributed by atoms with Gasteiger partial charge in [-0.05, 0) is 84.0 Å². The van der Waals surface area contributed by atoms with Crippen LogP contribution in [0.1, 0.15) is 46.1 Å². The molecule has 2 heterocycles. The quantitative estimate of drug-likeness (QED) is 0.308. The predicted octanol–water partition coefficient (Wildman–Crippen LogP) is 5.76. The zero-order valence-corrected chi connectivity index (χ0v) is 20.6. The number of nitrogens with zero attached hydrogens (tertiary/aromatic N) is 2. The highest BCUT2D eigenvalue weighted by Crippen LogP contribution is 2.38. The number of aromatic nitrogens is 2. The highest BCUT2D eigenvalue weighted by atomic mass is 79.9. The molecule has 0 aliphatic heterocycles. The van der Waals surface area contributed by atoms with Gasteiger partial charge in [0, 0.05) is 11.1 Å². The first-order chi connectivity index (χ1) is 15.4. The lowest BCUT2D eigenvalue weighted by Crippen LogP contribution is -2.21. The molecule has 1 aliphatic carbocycles. The summed E-state index contributed by atoms with van der Waals surface area (Å²) in [5.74, 6) is -0.0443. The van der Waals surface area contributed by atoms with E-state index in [2.05, 4.69) is 31.7 Å². The summed E-state index contributed by atoms with van der Waals surface area (Å²) in [6.07, 6.45) is 5.85. The summed E-state index contributed by atoms with van der Waals surface area (Å²) in [5, 5.41) is 11.8. The van der Waals surface area contributed by atoms with E-state index in [0.29, 0.717) is 34.6 Å². The minimum absolute atomic E-state index is 0.272. The zero-order chi connectivity index (χ0) is 22.7. The van der Waals surface area contributed by atoms with Crippen molar-refractivity contribution in [1.29, 1.82) is 0 Å². The maximum Gasteiger partial charge on any atom is 0.341 e. The molecule has 0 spiro atoms. The number of hydrogen-bond donors (Lipinski definition) is 2. The van der Waals surface area contributed by atoms with E-state index in [1.807, 2.05) is 6.20 Å². The van der Waals surface area contributed by atoms with Gasteiger partial charge in [0.05, 0.1) is 23.2 Å². The van der Waals surface area contributed by atoms with Gasteiger partial charge in [-0.25, -0.2) is 9.18 Å². The largest absolute Gasteiger partial charge is 0.462 e. The fraction of sp³-hybridized carbons (Fsp3) is 0.318. The molecule has 1 aromatic carbocycles. The molecular weight excluding hydrogens is 515 g/mol. The lowest BCUT2D eigenvalue weighted by atomic mass is 9.95. The number of nitrogens with one attached hydrogen (secondary N) is 2. The van der Waals surface area contributed by atoms with Crippen molar-refractivity contribution in [2.24, 2.45) is 0 Å². The Bertz CT molecular complexity index is 1140. The van der Waals surface area contributed by atoms with Crippen LogP contribution >= 0.6 is 39.5 Å². The van der Waals surface area contributed by atoms with E-state index in [4.69, 9.17) is 17.0 Å². The second-order valence-corrected chi connectivity index (χ2v) is 9.73. The summed E-state index contributed by atoms with van der Waals surface area (Å²) in [7, 11) is 0. The summed E-state index contributed by atoms with van der Waals surface area (Å²) >= 11 is 10.6. The minimum atomic E-state index is -0.318. The Balaban J connectivity index is 1.48. The fourth-order valence-electron chi connectivity index (χ4n) is 3.65. The van der Waals surface area contributed by atoms with Crippen LogP contribution in [0.5, 0.6) is 0 Å². The van der Waals surface area contributed by atoms with Crippen molar-refractivity contribution in [3.8, 4) is 0 Å². The normalized spacial score (nSPS) is 12.8. The summed E-state index contributed by atoms with van der Waals surface area (Å²) < 4.78 is 20.9. The molecule has 0 saturated heterocycles. The topological polar surface area (TPSA) is 68.2 Å². The lowest BCUT2D eigenvalue weighted by molar-refractivity contribution is 0.0526. The van der Waals surface area contributed by atoms with Crippen molar-refractivity contribution < 1.29 is 13.9 Å². The third-order valence-electron chi connectivity index (χ3n) is 5.08. The average Bonchev–Trinajstić information content (AvgIpc) is 3.29. The van der Waals surface area contributed by atoms with Crippen LogP contribution in [0, 0.1) is 5.82 Å². The average molecular weight is 537 g/mol. The molecule has 0 amide bonds. The second-order valence-electron chi connectivity index (χ2n) is 7.36. The molecule has 0 atom stereocenters. The molecule has 2 N–H and O–H groups in total. The number of rotatable bonds is 6. The maximum atomic E-state index is 13.1. The Morgan fingerprint density at radius 3 is 2.78 bits per heavy atom. The molecule has 0 radical (unpaired) electrons. The van der Waals surface area contributed by atoms with Crippen molar-refractivity contribution in [1.82, 2.24) is 9.78 Å². The van der Waals surface area contributed by atoms with Crippen molar-refractivity contribution in [3.63, 3.8) is 0 Å². The Morgan fingerprint density at radius 2 is 2.03 bits per heavy atom.